The number of nitrogens with zero attached hydrogens (tertiary/aromatic N) is 2. The van der Waals surface area contributed by atoms with Crippen LogP contribution in [0, 0.1) is 37.3 Å². The predicted octanol–water partition coefficient (Wildman–Crippen LogP) is 16.3. The fourth-order valence-electron chi connectivity index (χ4n) is 13.6. The highest BCUT2D eigenvalue weighted by Gasteiger charge is 2.40. The van der Waals surface area contributed by atoms with Gasteiger partial charge in [-0.3, -0.25) is 9.59 Å². The summed E-state index contributed by atoms with van der Waals surface area (Å²) >= 11 is 0. The Bertz CT molecular complexity index is 3560. The maximum absolute atomic E-state index is 17.0. The maximum Gasteiger partial charge on any atom is 0.305 e. The zero-order valence-electron chi connectivity index (χ0n) is 47.3. The molecule has 0 amide bonds. The van der Waals surface area contributed by atoms with Crippen LogP contribution < -0.4 is 19.3 Å². The molecule has 1 saturated carbocycles. The molecule has 8 aromatic rings. The number of methoxy groups -OCH3 is 2. The molecule has 8 nitrogen and oxygen atoms in total. The van der Waals surface area contributed by atoms with Crippen molar-refractivity contribution >= 4 is 23.3 Å². The fourth-order valence-corrected chi connectivity index (χ4v) is 13.6. The topological polar surface area (TPSA) is 99.5 Å². The molecule has 11 rings (SSSR count). The number of hydrogen-bond donors (Lipinski definition) is 2. The summed E-state index contributed by atoms with van der Waals surface area (Å²) in [5.41, 5.74) is 15.7. The van der Waals surface area contributed by atoms with Crippen molar-refractivity contribution in [2.45, 2.75) is 102 Å². The standard InChI is InChI=1S/C72H72F2N2O6/c1-45-32-56(66-40-64(81-3)30-31-69(66)73)24-22-54(45)34-47-10-26-61(27-11-47)76-44-59(37-63(76)39-71(79)80)52-18-20-53(21-19-52)67-41-65(82-4)42-68(72(67)74)57-25-23-55(46(2)33-57)35-48-12-28-60(29-13-48)75-43-58(36-62(75)38-70(77)78)51-16-14-50(15-17-51)49-8-6-5-7-9-49/h5-17,22-33,40-42,52-53,58-59,62-63H,18-21,34-39,43-44H2,1-4H3,(H,77,78)(H,79,80)/t52?,53?,58-,59-,62-,63-/m1/s1. The van der Waals surface area contributed by atoms with Gasteiger partial charge in [0, 0.05) is 53.6 Å². The highest BCUT2D eigenvalue weighted by atomic mass is 19.1. The number of ether oxygens (including phenoxy) is 2. The van der Waals surface area contributed by atoms with Crippen LogP contribution in [0.25, 0.3) is 33.4 Å². The van der Waals surface area contributed by atoms with E-state index in [0.717, 1.165) is 113 Å². The van der Waals surface area contributed by atoms with Crippen molar-refractivity contribution in [1.82, 2.24) is 0 Å². The van der Waals surface area contributed by atoms with Gasteiger partial charge in [0.05, 0.1) is 27.1 Å². The molecule has 2 saturated heterocycles. The van der Waals surface area contributed by atoms with E-state index in [1.807, 2.05) is 55.5 Å². The van der Waals surface area contributed by atoms with Crippen molar-refractivity contribution in [2.75, 3.05) is 37.1 Å². The highest BCUT2D eigenvalue weighted by molar-refractivity contribution is 5.72. The number of anilines is 2. The van der Waals surface area contributed by atoms with E-state index in [9.17, 15) is 24.2 Å². The first-order chi connectivity index (χ1) is 39.8. The van der Waals surface area contributed by atoms with Crippen LogP contribution in [0.3, 0.4) is 0 Å². The number of halogens is 2. The van der Waals surface area contributed by atoms with E-state index in [1.54, 1.807) is 26.4 Å². The number of aryl methyl sites for hydroxylation is 2. The second-order valence-corrected chi connectivity index (χ2v) is 23.2. The SMILES string of the molecule is COc1ccc(F)c(-c2ccc(Cc3ccc(N4C[C@H](C5CCC(c6cc(OC)cc(-c7ccc(Cc8ccc(N9C[C@H](c%10ccc(-c%11ccccc%11)cc%10)C[C@@H]9CC(=O)O)cc8)c(C)c7)c6F)CC5)C[C@@H]4CC(=O)O)cc3)c(C)c2)c1. The number of carboxylic acids is 2. The summed E-state index contributed by atoms with van der Waals surface area (Å²) in [5.74, 6) is 0.147. The molecule has 10 heteroatoms. The van der Waals surface area contributed by atoms with Gasteiger partial charge in [0.25, 0.3) is 0 Å². The number of rotatable bonds is 18. The summed E-state index contributed by atoms with van der Waals surface area (Å²) in [4.78, 5) is 28.8. The second-order valence-electron chi connectivity index (χ2n) is 23.2. The van der Waals surface area contributed by atoms with E-state index in [-0.39, 0.29) is 48.4 Å². The molecule has 2 heterocycles. The monoisotopic (exact) mass is 1100 g/mol. The van der Waals surface area contributed by atoms with Crippen LogP contribution in [0.5, 0.6) is 11.5 Å². The van der Waals surface area contributed by atoms with Gasteiger partial charge in [0.1, 0.15) is 23.1 Å². The number of carbonyl (C=O) groups is 2. The molecule has 8 aromatic carbocycles. The van der Waals surface area contributed by atoms with E-state index in [4.69, 9.17) is 9.47 Å². The lowest BCUT2D eigenvalue weighted by Gasteiger charge is -2.33. The average molecular weight is 1100 g/mol. The van der Waals surface area contributed by atoms with Gasteiger partial charge in [-0.1, -0.05) is 115 Å². The van der Waals surface area contributed by atoms with Crippen LogP contribution in [-0.2, 0) is 22.4 Å². The third-order valence-electron chi connectivity index (χ3n) is 18.2. The second kappa shape index (κ2) is 24.5. The van der Waals surface area contributed by atoms with Crippen molar-refractivity contribution in [2.24, 2.45) is 11.8 Å². The molecule has 3 aliphatic rings. The third-order valence-corrected chi connectivity index (χ3v) is 18.2. The van der Waals surface area contributed by atoms with Crippen LogP contribution in [0.2, 0.25) is 0 Å². The highest BCUT2D eigenvalue weighted by Crippen LogP contribution is 2.47. The summed E-state index contributed by atoms with van der Waals surface area (Å²) in [6, 6.07) is 56.5. The van der Waals surface area contributed by atoms with E-state index in [0.29, 0.717) is 52.9 Å². The van der Waals surface area contributed by atoms with Crippen LogP contribution in [-0.4, -0.2) is 61.5 Å². The lowest BCUT2D eigenvalue weighted by atomic mass is 9.72. The molecule has 0 aromatic heterocycles. The molecular formula is C72H72F2N2O6. The van der Waals surface area contributed by atoms with E-state index < -0.39 is 11.9 Å². The molecule has 4 atom stereocenters. The Morgan fingerprint density at radius 2 is 1.04 bits per heavy atom. The minimum absolute atomic E-state index is 0.0356. The zero-order valence-corrected chi connectivity index (χ0v) is 47.3. The van der Waals surface area contributed by atoms with Crippen molar-refractivity contribution in [3.8, 4) is 44.9 Å². The molecule has 3 fully saturated rings. The Hall–Kier alpha value is -8.24. The van der Waals surface area contributed by atoms with Gasteiger partial charge >= 0.3 is 11.9 Å². The quantitative estimate of drug-likeness (QED) is 0.0877. The van der Waals surface area contributed by atoms with Gasteiger partial charge in [0.2, 0.25) is 0 Å². The smallest absolute Gasteiger partial charge is 0.305 e. The first kappa shape index (κ1) is 55.7. The molecule has 0 unspecified atom stereocenters. The van der Waals surface area contributed by atoms with Crippen LogP contribution in [0.1, 0.15) is 108 Å². The number of hydrogen-bond acceptors (Lipinski definition) is 6. The lowest BCUT2D eigenvalue weighted by Crippen LogP contribution is -2.31. The number of aliphatic carboxylic acids is 2. The van der Waals surface area contributed by atoms with Crippen LogP contribution >= 0.6 is 0 Å². The molecule has 1 aliphatic carbocycles. The first-order valence-electron chi connectivity index (χ1n) is 29.0. The van der Waals surface area contributed by atoms with E-state index in [2.05, 4.69) is 120 Å². The number of benzene rings is 8. The van der Waals surface area contributed by atoms with Gasteiger partial charge in [0.15, 0.2) is 0 Å². The molecule has 0 radical (unpaired) electrons. The van der Waals surface area contributed by atoms with Gasteiger partial charge in [-0.2, -0.15) is 0 Å². The van der Waals surface area contributed by atoms with Gasteiger partial charge in [-0.15, -0.1) is 0 Å². The largest absolute Gasteiger partial charge is 0.497 e. The molecule has 0 bridgehead atoms. The van der Waals surface area contributed by atoms with E-state index >= 15 is 4.39 Å². The lowest BCUT2D eigenvalue weighted by molar-refractivity contribution is -0.138. The Morgan fingerprint density at radius 3 is 1.60 bits per heavy atom. The van der Waals surface area contributed by atoms with E-state index in [1.165, 1.54) is 17.2 Å². The van der Waals surface area contributed by atoms with Gasteiger partial charge in [-0.25, -0.2) is 8.78 Å². The molecule has 2 aliphatic heterocycles. The zero-order chi connectivity index (χ0) is 57.0. The normalized spacial score (nSPS) is 19.8. The van der Waals surface area contributed by atoms with Gasteiger partial charge < -0.3 is 29.5 Å². The van der Waals surface area contributed by atoms with Crippen molar-refractivity contribution in [3.63, 3.8) is 0 Å². The minimum Gasteiger partial charge on any atom is -0.497 e. The Labute approximate surface area is 481 Å². The minimum atomic E-state index is -0.799. The van der Waals surface area contributed by atoms with Crippen molar-refractivity contribution in [3.05, 3.63) is 226 Å². The van der Waals surface area contributed by atoms with Crippen molar-refractivity contribution < 1.29 is 38.1 Å². The van der Waals surface area contributed by atoms with Crippen molar-refractivity contribution in [1.29, 1.82) is 0 Å². The van der Waals surface area contributed by atoms with Crippen LogP contribution in [0.15, 0.2) is 170 Å². The average Bonchev–Trinajstić information content (AvgIpc) is 4.28. The Kier molecular flexibility index (Phi) is 16.6. The molecule has 2 N–H and O–H groups in total. The summed E-state index contributed by atoms with van der Waals surface area (Å²) in [5, 5.41) is 19.9. The molecule has 420 valence electrons. The summed E-state index contributed by atoms with van der Waals surface area (Å²) < 4.78 is 43.0. The Morgan fingerprint density at radius 1 is 0.512 bits per heavy atom. The molecular weight excluding hydrogens is 1030 g/mol. The molecule has 82 heavy (non-hydrogen) atoms. The molecule has 0 spiro atoms. The van der Waals surface area contributed by atoms with Gasteiger partial charge in [-0.05, 0) is 204 Å². The predicted molar refractivity (Wildman–Crippen MR) is 324 cm³/mol. The number of carboxylic acid groups (broad SMARTS) is 2. The third kappa shape index (κ3) is 12.3. The first-order valence-corrected chi connectivity index (χ1v) is 29.0. The van der Waals surface area contributed by atoms with Crippen LogP contribution in [0.4, 0.5) is 20.2 Å². The summed E-state index contributed by atoms with van der Waals surface area (Å²) in [7, 11) is 3.21. The summed E-state index contributed by atoms with van der Waals surface area (Å²) in [6.45, 7) is 5.66. The summed E-state index contributed by atoms with van der Waals surface area (Å²) in [6.07, 6.45) is 6.72. The maximum atomic E-state index is 17.0. The fraction of sp³-hybridized carbons (Fsp3) is 0.306. The Balaban J connectivity index is 0.720.